The van der Waals surface area contributed by atoms with Crippen molar-refractivity contribution in [2.45, 2.75) is 93.4 Å². The van der Waals surface area contributed by atoms with Crippen LogP contribution in [0.4, 0.5) is 0 Å². The molecule has 0 N–H and O–H groups in total. The van der Waals surface area contributed by atoms with Crippen molar-refractivity contribution in [1.82, 2.24) is 0 Å². The highest BCUT2D eigenvalue weighted by atomic mass is 32.1. The van der Waals surface area contributed by atoms with Gasteiger partial charge in [0.15, 0.2) is 0 Å². The lowest BCUT2D eigenvalue weighted by molar-refractivity contribution is 0.451. The summed E-state index contributed by atoms with van der Waals surface area (Å²) in [7, 11) is 0. The molecule has 1 aromatic carbocycles. The molecule has 146 valence electrons. The number of rotatable bonds is 8. The van der Waals surface area contributed by atoms with Crippen LogP contribution < -0.4 is 0 Å². The predicted molar refractivity (Wildman–Crippen MR) is 121 cm³/mol. The van der Waals surface area contributed by atoms with Crippen LogP contribution in [0.2, 0.25) is 0 Å². The molecule has 0 amide bonds. The quantitative estimate of drug-likeness (QED) is 0.436. The van der Waals surface area contributed by atoms with E-state index in [-0.39, 0.29) is 0 Å². The first-order valence-electron chi connectivity index (χ1n) is 10.6. The summed E-state index contributed by atoms with van der Waals surface area (Å²) < 4.78 is 0. The van der Waals surface area contributed by atoms with Gasteiger partial charge in [0.05, 0.1) is 0 Å². The minimum absolute atomic E-state index is 0.687. The highest BCUT2D eigenvalue weighted by molar-refractivity contribution is 7.12. The molecule has 2 rings (SSSR count). The maximum atomic E-state index is 2.42. The summed E-state index contributed by atoms with van der Waals surface area (Å²) in [5.74, 6) is 1.52. The summed E-state index contributed by atoms with van der Waals surface area (Å²) in [4.78, 5) is 3.18. The van der Waals surface area contributed by atoms with Gasteiger partial charge in [-0.15, -0.1) is 11.3 Å². The second kappa shape index (κ2) is 11.6. The fraction of sp³-hybridized carbons (Fsp3) is 0.600. The second-order valence-electron chi connectivity index (χ2n) is 7.52. The van der Waals surface area contributed by atoms with Crippen molar-refractivity contribution in [3.63, 3.8) is 0 Å². The summed E-state index contributed by atoms with van der Waals surface area (Å²) in [5.41, 5.74) is 5.92. The van der Waals surface area contributed by atoms with Gasteiger partial charge in [-0.2, -0.15) is 0 Å². The molecular formula is C25H40S. The Kier molecular flexibility index (Phi) is 10.2. The predicted octanol–water partition coefficient (Wildman–Crippen LogP) is 8.47. The number of thiophene rings is 1. The Morgan fingerprint density at radius 1 is 0.885 bits per heavy atom. The van der Waals surface area contributed by atoms with Crippen LogP contribution in [0.1, 0.15) is 98.7 Å². The molecule has 0 nitrogen and oxygen atoms in total. The van der Waals surface area contributed by atoms with Gasteiger partial charge in [-0.1, -0.05) is 78.6 Å². The van der Waals surface area contributed by atoms with E-state index in [4.69, 9.17) is 0 Å². The van der Waals surface area contributed by atoms with Crippen LogP contribution in [-0.2, 0) is 12.8 Å². The van der Waals surface area contributed by atoms with E-state index in [9.17, 15) is 0 Å². The Morgan fingerprint density at radius 3 is 2.00 bits per heavy atom. The van der Waals surface area contributed by atoms with E-state index in [1.807, 2.05) is 13.8 Å². The molecule has 0 radical (unpaired) electrons. The highest BCUT2D eigenvalue weighted by Gasteiger charge is 2.18. The summed E-state index contributed by atoms with van der Waals surface area (Å²) >= 11 is 2.06. The third-order valence-electron chi connectivity index (χ3n) is 5.36. The van der Waals surface area contributed by atoms with Crippen molar-refractivity contribution in [3.05, 3.63) is 56.3 Å². The Balaban J connectivity index is 0.00000163. The number of aryl methyl sites for hydroxylation is 1. The molecule has 1 heterocycles. The SMILES string of the molecule is CC.CCCC(C)CC(C)c1sc(Cc2ccc(CC)cc2)c(C)c1C. The van der Waals surface area contributed by atoms with Crippen LogP contribution in [0.5, 0.6) is 0 Å². The number of hydrogen-bond donors (Lipinski definition) is 0. The standard InChI is InChI=1S/C23H34S.C2H6/c1-7-9-16(3)14-17(4)23-19(6)18(5)22(24-23)15-21-12-10-20(8-2)11-13-21;1-2/h10-13,16-17H,7-9,14-15H2,1-6H3;1-2H3. The van der Waals surface area contributed by atoms with E-state index >= 15 is 0 Å². The molecular weight excluding hydrogens is 332 g/mol. The molecule has 0 saturated heterocycles. The lowest BCUT2D eigenvalue weighted by Crippen LogP contribution is -2.01. The van der Waals surface area contributed by atoms with Gasteiger partial charge in [0.25, 0.3) is 0 Å². The molecule has 26 heavy (non-hydrogen) atoms. The van der Waals surface area contributed by atoms with Crippen molar-refractivity contribution in [3.8, 4) is 0 Å². The fourth-order valence-electron chi connectivity index (χ4n) is 3.72. The van der Waals surface area contributed by atoms with E-state index < -0.39 is 0 Å². The summed E-state index contributed by atoms with van der Waals surface area (Å²) in [6.45, 7) is 18.0. The van der Waals surface area contributed by atoms with Crippen LogP contribution in [0, 0.1) is 19.8 Å². The topological polar surface area (TPSA) is 0 Å². The third-order valence-corrected chi connectivity index (χ3v) is 6.99. The maximum Gasteiger partial charge on any atom is 0.0124 e. The molecule has 0 fully saturated rings. The molecule has 2 atom stereocenters. The van der Waals surface area contributed by atoms with Crippen LogP contribution in [0.25, 0.3) is 0 Å². The van der Waals surface area contributed by atoms with Crippen molar-refractivity contribution in [2.75, 3.05) is 0 Å². The van der Waals surface area contributed by atoms with Gasteiger partial charge in [0.1, 0.15) is 0 Å². The van der Waals surface area contributed by atoms with Crippen LogP contribution in [0.15, 0.2) is 24.3 Å². The van der Waals surface area contributed by atoms with Gasteiger partial charge in [-0.3, -0.25) is 0 Å². The molecule has 0 saturated carbocycles. The molecule has 1 aromatic heterocycles. The van der Waals surface area contributed by atoms with Crippen molar-refractivity contribution >= 4 is 11.3 Å². The largest absolute Gasteiger partial charge is 0.144 e. The first kappa shape index (κ1) is 23.0. The van der Waals surface area contributed by atoms with E-state index in [1.165, 1.54) is 41.5 Å². The molecule has 0 aliphatic heterocycles. The van der Waals surface area contributed by atoms with Crippen LogP contribution >= 0.6 is 11.3 Å². The zero-order valence-electron chi connectivity index (χ0n) is 18.4. The summed E-state index contributed by atoms with van der Waals surface area (Å²) in [6, 6.07) is 9.17. The number of benzene rings is 1. The van der Waals surface area contributed by atoms with E-state index in [2.05, 4.69) is 77.1 Å². The minimum atomic E-state index is 0.687. The average Bonchev–Trinajstić information content (AvgIpc) is 2.93. The van der Waals surface area contributed by atoms with Crippen molar-refractivity contribution in [2.24, 2.45) is 5.92 Å². The zero-order chi connectivity index (χ0) is 19.7. The zero-order valence-corrected chi connectivity index (χ0v) is 19.2. The second-order valence-corrected chi connectivity index (χ2v) is 8.65. The first-order valence-corrected chi connectivity index (χ1v) is 11.4. The Bertz CT molecular complexity index is 633. The van der Waals surface area contributed by atoms with E-state index in [0.29, 0.717) is 5.92 Å². The lowest BCUT2D eigenvalue weighted by atomic mass is 9.91. The summed E-state index contributed by atoms with van der Waals surface area (Å²) in [6.07, 6.45) is 6.17. The first-order chi connectivity index (χ1) is 12.5. The van der Waals surface area contributed by atoms with Gasteiger partial charge in [0.2, 0.25) is 0 Å². The van der Waals surface area contributed by atoms with Gasteiger partial charge < -0.3 is 0 Å². The Morgan fingerprint density at radius 2 is 1.46 bits per heavy atom. The van der Waals surface area contributed by atoms with Gasteiger partial charge in [-0.25, -0.2) is 0 Å². The molecule has 0 aliphatic rings. The van der Waals surface area contributed by atoms with Crippen molar-refractivity contribution < 1.29 is 0 Å². The lowest BCUT2D eigenvalue weighted by Gasteiger charge is -2.16. The Hall–Kier alpha value is -1.08. The van der Waals surface area contributed by atoms with Gasteiger partial charge in [-0.05, 0) is 60.8 Å². The number of hydrogen-bond acceptors (Lipinski definition) is 1. The molecule has 1 heteroatoms. The van der Waals surface area contributed by atoms with Gasteiger partial charge >= 0.3 is 0 Å². The minimum Gasteiger partial charge on any atom is -0.144 e. The summed E-state index contributed by atoms with van der Waals surface area (Å²) in [5, 5.41) is 0. The fourth-order valence-corrected chi connectivity index (χ4v) is 5.13. The normalized spacial score (nSPS) is 13.1. The molecule has 2 unspecified atom stereocenters. The molecule has 0 bridgehead atoms. The Labute approximate surface area is 167 Å². The molecule has 2 aromatic rings. The average molecular weight is 373 g/mol. The third kappa shape index (κ3) is 6.27. The van der Waals surface area contributed by atoms with Gasteiger partial charge in [0, 0.05) is 16.2 Å². The maximum absolute atomic E-state index is 2.42. The smallest absolute Gasteiger partial charge is 0.0124 e. The monoisotopic (exact) mass is 372 g/mol. The van der Waals surface area contributed by atoms with Crippen molar-refractivity contribution in [1.29, 1.82) is 0 Å². The van der Waals surface area contributed by atoms with E-state index in [1.54, 1.807) is 9.75 Å². The highest BCUT2D eigenvalue weighted by Crippen LogP contribution is 2.37. The van der Waals surface area contributed by atoms with E-state index in [0.717, 1.165) is 18.8 Å². The van der Waals surface area contributed by atoms with Crippen LogP contribution in [0.3, 0.4) is 0 Å². The van der Waals surface area contributed by atoms with Crippen LogP contribution in [-0.4, -0.2) is 0 Å². The molecule has 0 spiro atoms. The molecule has 0 aliphatic carbocycles.